The zero-order valence-corrected chi connectivity index (χ0v) is 62.2. The van der Waals surface area contributed by atoms with Crippen molar-refractivity contribution in [1.82, 2.24) is 0 Å². The fourth-order valence-corrected chi connectivity index (χ4v) is 12.1. The van der Waals surface area contributed by atoms with Gasteiger partial charge in [0.25, 0.3) is 0 Å². The number of rotatable bonds is 55. The third-order valence-electron chi connectivity index (χ3n) is 15.8. The van der Waals surface area contributed by atoms with Crippen molar-refractivity contribution < 1.29 is 56.5 Å². The molecule has 0 amide bonds. The summed E-state index contributed by atoms with van der Waals surface area (Å²) in [6.45, 7) is 17.8. The van der Waals surface area contributed by atoms with Crippen LogP contribution in [0.5, 0.6) is 11.5 Å². The summed E-state index contributed by atoms with van der Waals surface area (Å²) < 4.78 is 61.3. The zero-order valence-electron chi connectivity index (χ0n) is 57.4. The largest absolute Gasteiger partial charge is 0.746 e. The van der Waals surface area contributed by atoms with Gasteiger partial charge in [-0.1, -0.05) is 315 Å². The van der Waals surface area contributed by atoms with Crippen molar-refractivity contribution >= 4 is 59.6 Å². The second-order valence-corrected chi connectivity index (χ2v) is 30.1. The number of hydrogen-bond donors (Lipinski definition) is 2. The highest BCUT2D eigenvalue weighted by Crippen LogP contribution is 2.58. The van der Waals surface area contributed by atoms with Crippen LogP contribution in [0.4, 0.5) is 0 Å². The molecule has 0 saturated heterocycles. The van der Waals surface area contributed by atoms with Crippen LogP contribution in [0.1, 0.15) is 251 Å². The van der Waals surface area contributed by atoms with Gasteiger partial charge in [0.05, 0.1) is 69.3 Å². The Balaban J connectivity index is 0.000000731. The predicted octanol–water partition coefficient (Wildman–Crippen LogP) is 22.1. The summed E-state index contributed by atoms with van der Waals surface area (Å²) in [5.74, 6) is 0.242. The highest BCUT2D eigenvalue weighted by atomic mass is 35.9. The van der Waals surface area contributed by atoms with Crippen LogP contribution in [-0.2, 0) is 45.8 Å². The lowest BCUT2D eigenvalue weighted by atomic mass is 10.0. The molecule has 92 heavy (non-hydrogen) atoms. The average Bonchev–Trinajstić information content (AvgIpc) is 1.87. The van der Waals surface area contributed by atoms with Crippen LogP contribution < -0.4 is 18.8 Å². The van der Waals surface area contributed by atoms with E-state index in [1.165, 1.54) is 218 Å². The Kier molecular flexibility index (Phi) is 59.5. The highest BCUT2D eigenvalue weighted by Gasteiger charge is 2.20. The third-order valence-corrected chi connectivity index (χ3v) is 18.1. The number of unbranched alkanes of at least 4 members (excludes halogenated alkanes) is 30. The predicted molar refractivity (Wildman–Crippen MR) is 387 cm³/mol. The summed E-state index contributed by atoms with van der Waals surface area (Å²) in [7, 11) is -4.64. The minimum absolute atomic E-state index is 0.00575. The van der Waals surface area contributed by atoms with E-state index in [0.717, 1.165) is 37.0 Å². The van der Waals surface area contributed by atoms with E-state index in [2.05, 4.69) is 39.1 Å². The molecule has 1 unspecified atom stereocenters. The van der Waals surface area contributed by atoms with Crippen molar-refractivity contribution in [2.24, 2.45) is 0 Å². The molecule has 18 heteroatoms. The average molecular weight is 1410 g/mol. The molecule has 0 heterocycles. The number of halogens is 4. The third kappa shape index (κ3) is 54.9. The molecule has 0 aromatic heterocycles. The number of phosphoric ester groups is 1. The molecular formula is C74H123Cl4NO11P2. The number of aliphatic hydroxyl groups is 1. The van der Waals surface area contributed by atoms with Crippen LogP contribution in [0.15, 0.2) is 109 Å². The van der Waals surface area contributed by atoms with Gasteiger partial charge in [-0.25, -0.2) is 4.57 Å². The van der Waals surface area contributed by atoms with Crippen LogP contribution in [0, 0.1) is 0 Å². The van der Waals surface area contributed by atoms with Crippen LogP contribution in [0.25, 0.3) is 0 Å². The van der Waals surface area contributed by atoms with E-state index in [-0.39, 0.29) is 42.4 Å². The molecule has 0 saturated carbocycles. The van der Waals surface area contributed by atoms with Gasteiger partial charge in [0.15, 0.2) is 0 Å². The minimum Gasteiger partial charge on any atom is -0.746 e. The molecular weight excluding hydrogens is 1280 g/mol. The molecule has 2 N–H and O–H groups in total. The Hall–Kier alpha value is -2.22. The highest BCUT2D eigenvalue weighted by molar-refractivity contribution is 8.05. The number of nitrogens with one attached hydrogen (secondary N) is 1. The maximum absolute atomic E-state index is 12.4. The molecule has 0 bridgehead atoms. The summed E-state index contributed by atoms with van der Waals surface area (Å²) in [4.78, 5) is 14.1. The molecule has 12 nitrogen and oxygen atoms in total. The number of aliphatic hydroxyl groups excluding tert-OH is 1. The van der Waals surface area contributed by atoms with Gasteiger partial charge in [-0.3, -0.25) is 4.57 Å². The van der Waals surface area contributed by atoms with E-state index in [0.29, 0.717) is 31.5 Å². The van der Waals surface area contributed by atoms with Crippen LogP contribution in [0.3, 0.4) is 0 Å². The maximum Gasteiger partial charge on any atom is 0.428 e. The molecule has 528 valence electrons. The molecule has 0 aliphatic rings. The second-order valence-electron chi connectivity index (χ2n) is 23.8. The summed E-state index contributed by atoms with van der Waals surface area (Å²) in [5, 5.41) is 9.95. The fourth-order valence-electron chi connectivity index (χ4n) is 10.0. The Labute approximate surface area is 579 Å². The van der Waals surface area contributed by atoms with Crippen molar-refractivity contribution in [3.05, 3.63) is 130 Å². The SMILES string of the molecule is CCCCCCCCCCCCCCCCCCOC[C@H](CO)OCc1ccccc1.CCCCCCCCCCCCCCCCCCOC[C@H](COP(=O)([O-])Oc1ccccc1Cl)OCc1ccccc1.CC[NH+](CC)CC.O=P(Cl)(Cl)Oc1ccccc1Cl. The first-order chi connectivity index (χ1) is 44.7. The summed E-state index contributed by atoms with van der Waals surface area (Å²) in [6, 6.07) is 32.6. The normalized spacial score (nSPS) is 12.6. The lowest BCUT2D eigenvalue weighted by Crippen LogP contribution is -3.11. The van der Waals surface area contributed by atoms with Crippen LogP contribution in [-0.4, -0.2) is 76.6 Å². The number of para-hydroxylation sites is 2. The standard InChI is InChI=1S/C34H54ClO6P.C28H50O3.C6H4Cl3O2P.C6H15N/c1-2-3-4-5-6-7-8-9-10-11-12-13-14-15-16-22-27-38-29-32(39-28-31-23-18-17-19-24-31)30-40-42(36,37)41-34-26-21-20-25-33(34)35;1-2-3-4-5-6-7-8-9-10-11-12-13-14-15-16-20-23-30-26-28(24-29)31-25-27-21-18-17-19-22-27;7-5-3-1-2-4-6(5)11-12(8,9)10;1-4-7(5-2)6-3/h17-21,23-26,32H,2-16,22,27-30H2,1H3,(H,36,37);17-19,21-22,28-29H,2-16,20,23-26H2,1H3;1-4H;4-6H2,1-3H3/t32-;28-;;/m10../s1. The Morgan fingerprint density at radius 3 is 1.03 bits per heavy atom. The second kappa shape index (κ2) is 62.3. The monoisotopic (exact) mass is 1400 g/mol. The lowest BCUT2D eigenvalue weighted by molar-refractivity contribution is -0.894. The number of phosphoric acid groups is 1. The molecule has 0 radical (unpaired) electrons. The molecule has 0 aliphatic heterocycles. The molecule has 0 fully saturated rings. The van der Waals surface area contributed by atoms with Gasteiger partial charge in [0.1, 0.15) is 23.7 Å². The molecule has 4 aromatic carbocycles. The zero-order chi connectivity index (χ0) is 67.3. The molecule has 4 rings (SSSR count). The molecule has 0 aliphatic carbocycles. The van der Waals surface area contributed by atoms with Crippen molar-refractivity contribution in [2.75, 3.05) is 59.3 Å². The van der Waals surface area contributed by atoms with Gasteiger partial charge in [-0.2, -0.15) is 0 Å². The van der Waals surface area contributed by atoms with E-state index in [4.69, 9.17) is 73.7 Å². The van der Waals surface area contributed by atoms with E-state index in [1.54, 1.807) is 41.3 Å². The Morgan fingerprint density at radius 1 is 0.413 bits per heavy atom. The number of benzene rings is 4. The maximum atomic E-state index is 12.4. The van der Waals surface area contributed by atoms with Crippen molar-refractivity contribution in [3.8, 4) is 11.5 Å². The minimum atomic E-state index is -4.64. The van der Waals surface area contributed by atoms with E-state index >= 15 is 0 Å². The van der Waals surface area contributed by atoms with Crippen LogP contribution >= 0.6 is 59.6 Å². The fraction of sp³-hybridized carbons (Fsp3) is 0.676. The summed E-state index contributed by atoms with van der Waals surface area (Å²) in [6.07, 6.45) is 38.9. The number of quaternary nitrogens is 1. The van der Waals surface area contributed by atoms with E-state index in [9.17, 15) is 19.1 Å². The summed E-state index contributed by atoms with van der Waals surface area (Å²) in [5.41, 5.74) is 2.11. The number of ether oxygens (including phenoxy) is 4. The Morgan fingerprint density at radius 2 is 0.717 bits per heavy atom. The molecule has 0 spiro atoms. The van der Waals surface area contributed by atoms with Crippen molar-refractivity contribution in [1.29, 1.82) is 0 Å². The van der Waals surface area contributed by atoms with E-state index < -0.39 is 20.0 Å². The molecule has 3 atom stereocenters. The first-order valence-corrected chi connectivity index (χ1v) is 41.1. The topological polar surface area (TPSA) is 146 Å². The van der Waals surface area contributed by atoms with Crippen molar-refractivity contribution in [3.63, 3.8) is 0 Å². The smallest absolute Gasteiger partial charge is 0.428 e. The summed E-state index contributed by atoms with van der Waals surface area (Å²) >= 11 is 22.0. The van der Waals surface area contributed by atoms with Gasteiger partial charge < -0.3 is 47.4 Å². The van der Waals surface area contributed by atoms with Crippen LogP contribution in [0.2, 0.25) is 10.0 Å². The number of hydrogen-bond acceptors (Lipinski definition) is 11. The van der Waals surface area contributed by atoms with E-state index in [1.807, 2.05) is 60.7 Å². The van der Waals surface area contributed by atoms with Gasteiger partial charge in [-0.15, -0.1) is 0 Å². The van der Waals surface area contributed by atoms with Gasteiger partial charge in [-0.05, 0) is 69.0 Å². The first-order valence-electron chi connectivity index (χ1n) is 35.4. The van der Waals surface area contributed by atoms with Gasteiger partial charge in [0, 0.05) is 35.7 Å². The van der Waals surface area contributed by atoms with Crippen molar-refractivity contribution in [2.45, 2.75) is 266 Å². The van der Waals surface area contributed by atoms with Gasteiger partial charge in [0.2, 0.25) is 0 Å². The van der Waals surface area contributed by atoms with Gasteiger partial charge >= 0.3 is 13.9 Å². The Bertz CT molecular complexity index is 2320. The quantitative estimate of drug-likeness (QED) is 0.0322. The first kappa shape index (κ1) is 87.8. The lowest BCUT2D eigenvalue weighted by Gasteiger charge is -2.26. The molecule has 4 aromatic rings.